The van der Waals surface area contributed by atoms with Crippen molar-refractivity contribution in [3.05, 3.63) is 0 Å². The van der Waals surface area contributed by atoms with Crippen LogP contribution in [-0.2, 0) is 9.36 Å². The van der Waals surface area contributed by atoms with Crippen LogP contribution in [0.3, 0.4) is 0 Å². The Morgan fingerprint density at radius 1 is 0.727 bits per heavy atom. The van der Waals surface area contributed by atoms with E-state index in [1.54, 1.807) is 0 Å². The van der Waals surface area contributed by atoms with Gasteiger partial charge in [0, 0.05) is 6.42 Å². The highest BCUT2D eigenvalue weighted by Crippen LogP contribution is 2.34. The Morgan fingerprint density at radius 3 is 1.45 bits per heavy atom. The lowest BCUT2D eigenvalue weighted by Gasteiger charge is -2.04. The van der Waals surface area contributed by atoms with Crippen molar-refractivity contribution in [1.29, 1.82) is 0 Å². The molecule has 0 saturated carbocycles. The van der Waals surface area contributed by atoms with Crippen molar-refractivity contribution in [3.8, 4) is 0 Å². The quantitative estimate of drug-likeness (QED) is 0.300. The highest BCUT2D eigenvalue weighted by atomic mass is 31.2. The molecular weight excluding hydrogens is 299 g/mol. The molecule has 0 spiro atoms. The Morgan fingerprint density at radius 2 is 1.09 bits per heavy atom. The SMILES string of the molecule is CCCCCCCCCCCCCCCC(=O)CP(=O)(O)O. The van der Waals surface area contributed by atoms with Crippen molar-refractivity contribution in [2.24, 2.45) is 0 Å². The topological polar surface area (TPSA) is 74.6 Å². The molecule has 0 aromatic carbocycles. The Labute approximate surface area is 136 Å². The minimum atomic E-state index is -4.16. The summed E-state index contributed by atoms with van der Waals surface area (Å²) in [7, 11) is -4.16. The third kappa shape index (κ3) is 17.9. The van der Waals surface area contributed by atoms with E-state index < -0.39 is 13.8 Å². The molecule has 0 atom stereocenters. The van der Waals surface area contributed by atoms with Crippen molar-refractivity contribution in [2.45, 2.75) is 96.8 Å². The summed E-state index contributed by atoms with van der Waals surface area (Å²) in [6.45, 7) is 2.24. The van der Waals surface area contributed by atoms with Crippen LogP contribution in [0.25, 0.3) is 0 Å². The van der Waals surface area contributed by atoms with Gasteiger partial charge in [0.1, 0.15) is 11.9 Å². The first-order chi connectivity index (χ1) is 10.5. The lowest BCUT2D eigenvalue weighted by Crippen LogP contribution is -2.04. The lowest BCUT2D eigenvalue weighted by atomic mass is 10.0. The minimum absolute atomic E-state index is 0.308. The van der Waals surface area contributed by atoms with Gasteiger partial charge in [-0.2, -0.15) is 0 Å². The van der Waals surface area contributed by atoms with Crippen LogP contribution in [0.4, 0.5) is 0 Å². The van der Waals surface area contributed by atoms with Gasteiger partial charge < -0.3 is 9.79 Å². The second-order valence-corrected chi connectivity index (χ2v) is 8.00. The molecule has 2 N–H and O–H groups in total. The van der Waals surface area contributed by atoms with E-state index in [1.807, 2.05) is 0 Å². The molecular formula is C17H35O4P. The molecule has 0 heterocycles. The van der Waals surface area contributed by atoms with Crippen LogP contribution < -0.4 is 0 Å². The number of ketones is 1. The molecule has 4 nitrogen and oxygen atoms in total. The van der Waals surface area contributed by atoms with Gasteiger partial charge in [0.25, 0.3) is 0 Å². The maximum atomic E-state index is 11.3. The predicted octanol–water partition coefficient (Wildman–Crippen LogP) is 5.21. The Kier molecular flexibility index (Phi) is 14.3. The van der Waals surface area contributed by atoms with E-state index in [0.29, 0.717) is 6.42 Å². The van der Waals surface area contributed by atoms with Crippen LogP contribution in [0, 0.1) is 0 Å². The van der Waals surface area contributed by atoms with E-state index in [9.17, 15) is 9.36 Å². The maximum absolute atomic E-state index is 11.3. The zero-order chi connectivity index (χ0) is 16.7. The van der Waals surface area contributed by atoms with Crippen LogP contribution in [-0.4, -0.2) is 21.7 Å². The average molecular weight is 334 g/mol. The summed E-state index contributed by atoms with van der Waals surface area (Å²) in [5.74, 6) is -0.309. The van der Waals surface area contributed by atoms with Gasteiger partial charge in [0.05, 0.1) is 0 Å². The highest BCUT2D eigenvalue weighted by molar-refractivity contribution is 7.52. The predicted molar refractivity (Wildman–Crippen MR) is 92.2 cm³/mol. The summed E-state index contributed by atoms with van der Waals surface area (Å²) in [6, 6.07) is 0. The maximum Gasteiger partial charge on any atom is 0.332 e. The molecule has 0 amide bonds. The van der Waals surface area contributed by atoms with Crippen molar-refractivity contribution in [2.75, 3.05) is 6.16 Å². The van der Waals surface area contributed by atoms with Gasteiger partial charge in [-0.25, -0.2) is 0 Å². The fourth-order valence-electron chi connectivity index (χ4n) is 2.65. The molecule has 0 aromatic heterocycles. The number of unbranched alkanes of at least 4 members (excludes halogenated alkanes) is 12. The van der Waals surface area contributed by atoms with Gasteiger partial charge in [0.15, 0.2) is 0 Å². The summed E-state index contributed by atoms with van der Waals surface area (Å²) in [5, 5.41) is 0. The molecule has 0 fully saturated rings. The number of Topliss-reactive ketones (excluding diaryl/α,β-unsaturated/α-hetero) is 1. The summed E-state index contributed by atoms with van der Waals surface area (Å²) in [4.78, 5) is 28.6. The number of carbonyl (C=O) groups excluding carboxylic acids is 1. The highest BCUT2D eigenvalue weighted by Gasteiger charge is 2.18. The van der Waals surface area contributed by atoms with Crippen molar-refractivity contribution in [1.82, 2.24) is 0 Å². The first kappa shape index (κ1) is 21.8. The molecule has 0 rings (SSSR count). The molecule has 0 aliphatic heterocycles. The fraction of sp³-hybridized carbons (Fsp3) is 0.941. The molecule has 5 heteroatoms. The third-order valence-electron chi connectivity index (χ3n) is 3.94. The Bertz CT molecular complexity index is 312. The summed E-state index contributed by atoms with van der Waals surface area (Å²) in [6.07, 6.45) is 15.9. The molecule has 0 radical (unpaired) electrons. The summed E-state index contributed by atoms with van der Waals surface area (Å²) in [5.41, 5.74) is 0. The molecule has 0 unspecified atom stereocenters. The molecule has 0 aromatic rings. The van der Waals surface area contributed by atoms with Crippen LogP contribution in [0.15, 0.2) is 0 Å². The monoisotopic (exact) mass is 334 g/mol. The van der Waals surface area contributed by atoms with Gasteiger partial charge in [0.2, 0.25) is 0 Å². The molecule has 132 valence electrons. The Hall–Kier alpha value is -0.180. The first-order valence-corrected chi connectivity index (χ1v) is 10.8. The third-order valence-corrected chi connectivity index (χ3v) is 4.71. The number of hydrogen-bond donors (Lipinski definition) is 2. The van der Waals surface area contributed by atoms with Gasteiger partial charge >= 0.3 is 7.60 Å². The van der Waals surface area contributed by atoms with Crippen molar-refractivity contribution < 1.29 is 19.1 Å². The Balaban J connectivity index is 3.17. The van der Waals surface area contributed by atoms with E-state index in [1.165, 1.54) is 64.2 Å². The van der Waals surface area contributed by atoms with Gasteiger partial charge in [-0.1, -0.05) is 84.0 Å². The molecule has 0 aliphatic carbocycles. The van der Waals surface area contributed by atoms with E-state index in [-0.39, 0.29) is 5.78 Å². The first-order valence-electron chi connectivity index (χ1n) is 9.02. The lowest BCUT2D eigenvalue weighted by molar-refractivity contribution is -0.117. The number of carbonyl (C=O) groups is 1. The van der Waals surface area contributed by atoms with Crippen LogP contribution >= 0.6 is 7.60 Å². The van der Waals surface area contributed by atoms with E-state index in [2.05, 4.69) is 6.92 Å². The summed E-state index contributed by atoms with van der Waals surface area (Å²) >= 11 is 0. The van der Waals surface area contributed by atoms with Crippen LogP contribution in [0.1, 0.15) is 96.8 Å². The smallest absolute Gasteiger partial charge is 0.324 e. The van der Waals surface area contributed by atoms with Crippen molar-refractivity contribution in [3.63, 3.8) is 0 Å². The van der Waals surface area contributed by atoms with Crippen LogP contribution in [0.5, 0.6) is 0 Å². The second kappa shape index (κ2) is 14.4. The normalized spacial score (nSPS) is 11.8. The zero-order valence-corrected chi connectivity index (χ0v) is 15.2. The van der Waals surface area contributed by atoms with E-state index in [0.717, 1.165) is 19.3 Å². The van der Waals surface area contributed by atoms with Gasteiger partial charge in [-0.05, 0) is 6.42 Å². The molecule has 0 bridgehead atoms. The molecule has 22 heavy (non-hydrogen) atoms. The zero-order valence-electron chi connectivity index (χ0n) is 14.3. The standard InChI is InChI=1S/C17H35O4P/c1-2-3-4-5-6-7-8-9-10-11-12-13-14-15-17(18)16-22(19,20)21/h2-16H2,1H3,(H2,19,20,21). The summed E-state index contributed by atoms with van der Waals surface area (Å²) < 4.78 is 10.6. The van der Waals surface area contributed by atoms with Gasteiger partial charge in [-0.15, -0.1) is 0 Å². The fourth-order valence-corrected chi connectivity index (χ4v) is 3.27. The minimum Gasteiger partial charge on any atom is -0.324 e. The number of rotatable bonds is 16. The molecule has 0 aliphatic rings. The number of hydrogen-bond acceptors (Lipinski definition) is 2. The van der Waals surface area contributed by atoms with Crippen molar-refractivity contribution >= 4 is 13.4 Å². The van der Waals surface area contributed by atoms with Gasteiger partial charge in [-0.3, -0.25) is 9.36 Å². The van der Waals surface area contributed by atoms with E-state index >= 15 is 0 Å². The largest absolute Gasteiger partial charge is 0.332 e. The van der Waals surface area contributed by atoms with Crippen LogP contribution in [0.2, 0.25) is 0 Å². The molecule has 0 saturated heterocycles. The average Bonchev–Trinajstić information content (AvgIpc) is 2.42. The second-order valence-electron chi connectivity index (χ2n) is 6.35. The van der Waals surface area contributed by atoms with E-state index in [4.69, 9.17) is 9.79 Å².